The fourth-order valence-corrected chi connectivity index (χ4v) is 2.88. The van der Waals surface area contributed by atoms with Gasteiger partial charge in [-0.2, -0.15) is 0 Å². The van der Waals surface area contributed by atoms with E-state index in [0.717, 1.165) is 31.6 Å². The van der Waals surface area contributed by atoms with Crippen LogP contribution in [0.2, 0.25) is 0 Å². The average Bonchev–Trinajstić information content (AvgIpc) is 2.16. The van der Waals surface area contributed by atoms with Crippen LogP contribution >= 0.6 is 0 Å². The number of hydrogen-bond acceptors (Lipinski definition) is 2. The maximum absolute atomic E-state index is 12.0. The minimum Gasteiger partial charge on any atom is -0.325 e. The largest absolute Gasteiger partial charge is 0.325 e. The third-order valence-electron chi connectivity index (χ3n) is 4.35. The zero-order valence-electron chi connectivity index (χ0n) is 9.80. The molecule has 0 atom stereocenters. The van der Waals surface area contributed by atoms with Crippen LogP contribution < -0.4 is 5.73 Å². The quantitative estimate of drug-likeness (QED) is 0.776. The van der Waals surface area contributed by atoms with E-state index in [1.165, 1.54) is 19.3 Å². The Morgan fingerprint density at radius 3 is 2.33 bits per heavy atom. The van der Waals surface area contributed by atoms with Crippen molar-refractivity contribution in [3.63, 3.8) is 0 Å². The van der Waals surface area contributed by atoms with E-state index >= 15 is 0 Å². The maximum atomic E-state index is 12.0. The van der Waals surface area contributed by atoms with E-state index in [1.54, 1.807) is 0 Å². The highest BCUT2D eigenvalue weighted by atomic mass is 16.1. The molecule has 0 amide bonds. The first-order valence-corrected chi connectivity index (χ1v) is 6.41. The highest BCUT2D eigenvalue weighted by Gasteiger charge is 2.36. The lowest BCUT2D eigenvalue weighted by molar-refractivity contribution is -0.126. The molecular weight excluding hydrogens is 186 g/mol. The van der Waals surface area contributed by atoms with Gasteiger partial charge in [-0.05, 0) is 38.0 Å². The minimum absolute atomic E-state index is 0.111. The molecule has 2 aliphatic rings. The summed E-state index contributed by atoms with van der Waals surface area (Å²) >= 11 is 0. The molecule has 0 aromatic heterocycles. The van der Waals surface area contributed by atoms with Crippen molar-refractivity contribution >= 4 is 5.78 Å². The number of ketones is 1. The van der Waals surface area contributed by atoms with E-state index in [0.29, 0.717) is 18.1 Å². The van der Waals surface area contributed by atoms with Crippen molar-refractivity contribution in [2.45, 2.75) is 63.8 Å². The van der Waals surface area contributed by atoms with E-state index < -0.39 is 0 Å². The second-order valence-corrected chi connectivity index (χ2v) is 5.82. The molecule has 0 aromatic rings. The Morgan fingerprint density at radius 2 is 1.87 bits per heavy atom. The van der Waals surface area contributed by atoms with E-state index in [1.807, 2.05) is 0 Å². The number of Topliss-reactive ketones (excluding diaryl/α,β-unsaturated/α-hetero) is 1. The van der Waals surface area contributed by atoms with Gasteiger partial charge in [-0.15, -0.1) is 0 Å². The Kier molecular flexibility index (Phi) is 3.15. The molecule has 0 aromatic carbocycles. The van der Waals surface area contributed by atoms with Gasteiger partial charge in [-0.3, -0.25) is 4.79 Å². The van der Waals surface area contributed by atoms with Crippen LogP contribution in [0.25, 0.3) is 0 Å². The van der Waals surface area contributed by atoms with Gasteiger partial charge >= 0.3 is 0 Å². The smallest absolute Gasteiger partial charge is 0.137 e. The Balaban J connectivity index is 1.80. The monoisotopic (exact) mass is 209 g/mol. The molecule has 2 saturated carbocycles. The van der Waals surface area contributed by atoms with Gasteiger partial charge in [-0.1, -0.05) is 19.8 Å². The van der Waals surface area contributed by atoms with Gasteiger partial charge in [0.05, 0.1) is 0 Å². The molecule has 0 radical (unpaired) electrons. The van der Waals surface area contributed by atoms with Crippen LogP contribution in [0.1, 0.15) is 58.3 Å². The van der Waals surface area contributed by atoms with E-state index in [2.05, 4.69) is 6.92 Å². The van der Waals surface area contributed by atoms with Crippen LogP contribution in [-0.4, -0.2) is 11.3 Å². The summed E-state index contributed by atoms with van der Waals surface area (Å²) in [5.74, 6) is 1.61. The Hall–Kier alpha value is -0.370. The predicted molar refractivity (Wildman–Crippen MR) is 61.5 cm³/mol. The summed E-state index contributed by atoms with van der Waals surface area (Å²) in [6, 6.07) is 0. The zero-order valence-corrected chi connectivity index (χ0v) is 9.80. The molecule has 0 spiro atoms. The third kappa shape index (κ3) is 2.60. The molecule has 86 valence electrons. The van der Waals surface area contributed by atoms with Crippen molar-refractivity contribution < 1.29 is 4.79 Å². The minimum atomic E-state index is -0.111. The summed E-state index contributed by atoms with van der Waals surface area (Å²) < 4.78 is 0. The fourth-order valence-electron chi connectivity index (χ4n) is 2.88. The lowest BCUT2D eigenvalue weighted by atomic mass is 9.71. The third-order valence-corrected chi connectivity index (χ3v) is 4.35. The molecule has 2 nitrogen and oxygen atoms in total. The number of carbonyl (C=O) groups is 1. The molecule has 2 rings (SSSR count). The summed E-state index contributed by atoms with van der Waals surface area (Å²) in [5, 5.41) is 0. The van der Waals surface area contributed by atoms with Crippen LogP contribution in [0.5, 0.6) is 0 Å². The normalized spacial score (nSPS) is 34.5. The Labute approximate surface area is 92.6 Å². The first-order chi connectivity index (χ1) is 7.09. The summed E-state index contributed by atoms with van der Waals surface area (Å²) in [4.78, 5) is 12.0. The van der Waals surface area contributed by atoms with Crippen LogP contribution in [0, 0.1) is 11.8 Å². The average molecular weight is 209 g/mol. The molecule has 15 heavy (non-hydrogen) atoms. The van der Waals surface area contributed by atoms with Crippen molar-refractivity contribution in [3.05, 3.63) is 0 Å². The molecule has 2 fully saturated rings. The molecule has 0 bridgehead atoms. The number of carbonyl (C=O) groups excluding carboxylic acids is 1. The standard InChI is InChI=1S/C13H23NO/c1-10-3-5-11(6-4-10)12(15)9-13(14)7-2-8-13/h10-11H,2-9,14H2,1H3. The summed E-state index contributed by atoms with van der Waals surface area (Å²) in [5.41, 5.74) is 6.01. The molecule has 0 heterocycles. The number of rotatable bonds is 3. The number of nitrogens with two attached hydrogens (primary N) is 1. The molecule has 2 N–H and O–H groups in total. The van der Waals surface area contributed by atoms with E-state index in [4.69, 9.17) is 5.73 Å². The van der Waals surface area contributed by atoms with Gasteiger partial charge in [-0.25, -0.2) is 0 Å². The Bertz CT molecular complexity index is 237. The van der Waals surface area contributed by atoms with Crippen molar-refractivity contribution in [1.29, 1.82) is 0 Å². The summed E-state index contributed by atoms with van der Waals surface area (Å²) in [6.45, 7) is 2.29. The lowest BCUT2D eigenvalue weighted by Gasteiger charge is -2.39. The predicted octanol–water partition coefficient (Wildman–Crippen LogP) is 2.65. The fraction of sp³-hybridized carbons (Fsp3) is 0.923. The first-order valence-electron chi connectivity index (χ1n) is 6.41. The zero-order chi connectivity index (χ0) is 10.9. The van der Waals surface area contributed by atoms with Gasteiger partial charge in [0.1, 0.15) is 5.78 Å². The van der Waals surface area contributed by atoms with Crippen molar-refractivity contribution in [3.8, 4) is 0 Å². The topological polar surface area (TPSA) is 43.1 Å². The van der Waals surface area contributed by atoms with Crippen molar-refractivity contribution in [2.24, 2.45) is 17.6 Å². The van der Waals surface area contributed by atoms with Gasteiger partial charge < -0.3 is 5.73 Å². The summed E-state index contributed by atoms with van der Waals surface area (Å²) in [6.07, 6.45) is 8.65. The van der Waals surface area contributed by atoms with E-state index in [-0.39, 0.29) is 5.54 Å². The van der Waals surface area contributed by atoms with Gasteiger partial charge in [0.2, 0.25) is 0 Å². The second kappa shape index (κ2) is 4.25. The first kappa shape index (κ1) is 11.1. The van der Waals surface area contributed by atoms with Gasteiger partial charge in [0, 0.05) is 17.9 Å². The highest BCUT2D eigenvalue weighted by molar-refractivity contribution is 5.82. The van der Waals surface area contributed by atoms with Gasteiger partial charge in [0.25, 0.3) is 0 Å². The number of hydrogen-bond donors (Lipinski definition) is 1. The van der Waals surface area contributed by atoms with Gasteiger partial charge in [0.15, 0.2) is 0 Å². The molecule has 0 saturated heterocycles. The molecule has 2 aliphatic carbocycles. The van der Waals surface area contributed by atoms with Crippen molar-refractivity contribution in [1.82, 2.24) is 0 Å². The molecule has 2 heteroatoms. The van der Waals surface area contributed by atoms with Crippen LogP contribution in [0.3, 0.4) is 0 Å². The maximum Gasteiger partial charge on any atom is 0.137 e. The SMILES string of the molecule is CC1CCC(C(=O)CC2(N)CCC2)CC1. The van der Waals surface area contributed by atoms with Crippen LogP contribution in [0.15, 0.2) is 0 Å². The molecule has 0 unspecified atom stereocenters. The van der Waals surface area contributed by atoms with Crippen molar-refractivity contribution in [2.75, 3.05) is 0 Å². The molecular formula is C13H23NO. The van der Waals surface area contributed by atoms with Crippen LogP contribution in [-0.2, 0) is 4.79 Å². The lowest BCUT2D eigenvalue weighted by Crippen LogP contribution is -2.49. The second-order valence-electron chi connectivity index (χ2n) is 5.82. The summed E-state index contributed by atoms with van der Waals surface area (Å²) in [7, 11) is 0. The highest BCUT2D eigenvalue weighted by Crippen LogP contribution is 2.36. The van der Waals surface area contributed by atoms with Crippen LogP contribution in [0.4, 0.5) is 0 Å². The van der Waals surface area contributed by atoms with E-state index in [9.17, 15) is 4.79 Å². The Morgan fingerprint density at radius 1 is 1.27 bits per heavy atom. The molecule has 0 aliphatic heterocycles.